The Morgan fingerprint density at radius 3 is 2.55 bits per heavy atom. The van der Waals surface area contributed by atoms with Crippen LogP contribution in [0.1, 0.15) is 93.4 Å². The summed E-state index contributed by atoms with van der Waals surface area (Å²) in [5.41, 5.74) is 3.06. The monoisotopic (exact) mass is 452 g/mol. The summed E-state index contributed by atoms with van der Waals surface area (Å²) in [4.78, 5) is 23.7. The van der Waals surface area contributed by atoms with E-state index in [1.807, 2.05) is 13.0 Å². The van der Waals surface area contributed by atoms with Crippen molar-refractivity contribution in [2.45, 2.75) is 99.5 Å². The van der Waals surface area contributed by atoms with Crippen molar-refractivity contribution in [2.24, 2.45) is 39.4 Å². The lowest BCUT2D eigenvalue weighted by Gasteiger charge is -2.60. The SMILES string of the molecule is CC(C=O)=CCC[C@@H](C)[C@H]1C[C@H](O)[C@@]2(C)C3=CCC4C(C)(C)C(=O)CC[C@]4(C)C3=CC[C@]12C. The van der Waals surface area contributed by atoms with E-state index in [1.54, 1.807) is 0 Å². The second-order valence-corrected chi connectivity index (χ2v) is 12.9. The smallest absolute Gasteiger partial charge is 0.145 e. The fraction of sp³-hybridized carbons (Fsp3) is 0.733. The number of carbonyl (C=O) groups excluding carboxylic acids is 2. The standard InChI is InChI=1S/C30H44O3/c1-19(18-31)9-8-10-20(2)23-17-26(33)30(7)22-11-12-24-27(3,4)25(32)14-15-28(24,5)21(22)13-16-29(23,30)6/h9,11,13,18,20,23-24,26,33H,8,10,12,14-17H2,1-7H3/t20-,23-,24?,26+,28-,29-,30-/m1/s1. The Labute approximate surface area is 200 Å². The summed E-state index contributed by atoms with van der Waals surface area (Å²) in [7, 11) is 0. The van der Waals surface area contributed by atoms with E-state index in [4.69, 9.17) is 0 Å². The van der Waals surface area contributed by atoms with Gasteiger partial charge in [-0.3, -0.25) is 9.59 Å². The molecule has 7 atom stereocenters. The van der Waals surface area contributed by atoms with Crippen molar-refractivity contribution in [3.05, 3.63) is 34.9 Å². The highest BCUT2D eigenvalue weighted by Gasteiger charge is 2.66. The largest absolute Gasteiger partial charge is 0.392 e. The van der Waals surface area contributed by atoms with Crippen LogP contribution in [0, 0.1) is 39.4 Å². The van der Waals surface area contributed by atoms with E-state index < -0.39 is 0 Å². The maximum Gasteiger partial charge on any atom is 0.145 e. The molecule has 1 N–H and O–H groups in total. The highest BCUT2D eigenvalue weighted by molar-refractivity contribution is 5.86. The normalized spacial score (nSPS) is 43.1. The highest BCUT2D eigenvalue weighted by atomic mass is 16.3. The van der Waals surface area contributed by atoms with Crippen molar-refractivity contribution in [3.8, 4) is 0 Å². The highest BCUT2D eigenvalue weighted by Crippen LogP contribution is 2.71. The summed E-state index contributed by atoms with van der Waals surface area (Å²) >= 11 is 0. The first-order valence-corrected chi connectivity index (χ1v) is 13.1. The molecule has 182 valence electrons. The molecule has 4 rings (SSSR count). The first-order valence-electron chi connectivity index (χ1n) is 13.1. The van der Waals surface area contributed by atoms with Crippen LogP contribution in [-0.4, -0.2) is 23.3 Å². The topological polar surface area (TPSA) is 54.4 Å². The summed E-state index contributed by atoms with van der Waals surface area (Å²) in [6, 6.07) is 0. The molecule has 0 heterocycles. The molecule has 0 aromatic rings. The van der Waals surface area contributed by atoms with Gasteiger partial charge < -0.3 is 5.11 Å². The first kappa shape index (κ1) is 24.6. The van der Waals surface area contributed by atoms with Gasteiger partial charge in [0.05, 0.1) is 6.10 Å². The van der Waals surface area contributed by atoms with Gasteiger partial charge >= 0.3 is 0 Å². The van der Waals surface area contributed by atoms with Gasteiger partial charge in [0.1, 0.15) is 12.1 Å². The first-order chi connectivity index (χ1) is 15.3. The van der Waals surface area contributed by atoms with Gasteiger partial charge in [-0.25, -0.2) is 0 Å². The van der Waals surface area contributed by atoms with Gasteiger partial charge in [0.25, 0.3) is 0 Å². The van der Waals surface area contributed by atoms with Crippen LogP contribution >= 0.6 is 0 Å². The number of allylic oxidation sites excluding steroid dienone is 5. The van der Waals surface area contributed by atoms with Gasteiger partial charge in [0, 0.05) is 17.3 Å². The molecule has 2 fully saturated rings. The molecule has 1 unspecified atom stereocenters. The van der Waals surface area contributed by atoms with Gasteiger partial charge in [-0.2, -0.15) is 0 Å². The van der Waals surface area contributed by atoms with E-state index in [9.17, 15) is 14.7 Å². The van der Waals surface area contributed by atoms with Crippen molar-refractivity contribution in [3.63, 3.8) is 0 Å². The van der Waals surface area contributed by atoms with Gasteiger partial charge in [-0.15, -0.1) is 0 Å². The fourth-order valence-electron chi connectivity index (χ4n) is 8.58. The molecular weight excluding hydrogens is 408 g/mol. The van der Waals surface area contributed by atoms with Crippen LogP contribution in [0.15, 0.2) is 34.9 Å². The zero-order chi connectivity index (χ0) is 24.4. The average molecular weight is 453 g/mol. The quantitative estimate of drug-likeness (QED) is 0.377. The zero-order valence-corrected chi connectivity index (χ0v) is 21.8. The Morgan fingerprint density at radius 1 is 1.18 bits per heavy atom. The van der Waals surface area contributed by atoms with Gasteiger partial charge in [-0.1, -0.05) is 59.8 Å². The minimum atomic E-state index is -0.351. The molecule has 0 aromatic carbocycles. The van der Waals surface area contributed by atoms with E-state index in [0.29, 0.717) is 30.0 Å². The molecule has 4 aliphatic carbocycles. The van der Waals surface area contributed by atoms with Crippen molar-refractivity contribution >= 4 is 12.1 Å². The minimum absolute atomic E-state index is 0.00636. The molecule has 0 amide bonds. The molecule has 0 radical (unpaired) electrons. The Balaban J connectivity index is 1.69. The molecule has 33 heavy (non-hydrogen) atoms. The minimum Gasteiger partial charge on any atom is -0.392 e. The number of rotatable bonds is 5. The van der Waals surface area contributed by atoms with Gasteiger partial charge in [0.15, 0.2) is 0 Å². The van der Waals surface area contributed by atoms with Crippen LogP contribution in [0.25, 0.3) is 0 Å². The third kappa shape index (κ3) is 3.32. The van der Waals surface area contributed by atoms with Crippen LogP contribution in [0.3, 0.4) is 0 Å². The van der Waals surface area contributed by atoms with E-state index in [1.165, 1.54) is 11.1 Å². The number of hydrogen-bond donors (Lipinski definition) is 1. The van der Waals surface area contributed by atoms with Crippen LogP contribution < -0.4 is 0 Å². The van der Waals surface area contributed by atoms with E-state index in [2.05, 4.69) is 53.7 Å². The molecule has 2 saturated carbocycles. The summed E-state index contributed by atoms with van der Waals surface area (Å²) in [5, 5.41) is 11.6. The molecule has 0 saturated heterocycles. The third-order valence-electron chi connectivity index (χ3n) is 11.1. The Morgan fingerprint density at radius 2 is 1.88 bits per heavy atom. The predicted molar refractivity (Wildman–Crippen MR) is 134 cm³/mol. The number of carbonyl (C=O) groups is 2. The molecule has 0 aromatic heterocycles. The third-order valence-corrected chi connectivity index (χ3v) is 11.1. The molecule has 0 aliphatic heterocycles. The zero-order valence-electron chi connectivity index (χ0n) is 21.8. The molecule has 0 bridgehead atoms. The molecule has 3 nitrogen and oxygen atoms in total. The summed E-state index contributed by atoms with van der Waals surface area (Å²) in [5.74, 6) is 1.66. The molecular formula is C30H44O3. The van der Waals surface area contributed by atoms with Crippen molar-refractivity contribution in [1.29, 1.82) is 0 Å². The number of ketones is 1. The summed E-state index contributed by atoms with van der Waals surface area (Å²) < 4.78 is 0. The second-order valence-electron chi connectivity index (χ2n) is 12.9. The lowest BCUT2D eigenvalue weighted by Crippen LogP contribution is -2.54. The predicted octanol–water partition coefficient (Wildman–Crippen LogP) is 6.61. The van der Waals surface area contributed by atoms with E-state index in [-0.39, 0.29) is 27.8 Å². The van der Waals surface area contributed by atoms with Gasteiger partial charge in [-0.05, 0) is 90.8 Å². The lowest BCUT2D eigenvalue weighted by atomic mass is 9.44. The average Bonchev–Trinajstić information content (AvgIpc) is 2.98. The molecule has 0 spiro atoms. The van der Waals surface area contributed by atoms with Crippen molar-refractivity contribution < 1.29 is 14.7 Å². The Hall–Kier alpha value is -1.48. The number of Topliss-reactive ketones (excluding diaryl/α,β-unsaturated/α-hetero) is 1. The fourth-order valence-corrected chi connectivity index (χ4v) is 8.58. The number of aliphatic hydroxyl groups excluding tert-OH is 1. The molecule has 3 heteroatoms. The van der Waals surface area contributed by atoms with E-state index in [0.717, 1.165) is 50.4 Å². The maximum absolute atomic E-state index is 12.8. The number of fused-ring (bicyclic) bond motifs is 5. The van der Waals surface area contributed by atoms with Crippen LogP contribution in [0.5, 0.6) is 0 Å². The van der Waals surface area contributed by atoms with E-state index >= 15 is 0 Å². The van der Waals surface area contributed by atoms with Crippen LogP contribution in [-0.2, 0) is 9.59 Å². The maximum atomic E-state index is 12.8. The van der Waals surface area contributed by atoms with Crippen LogP contribution in [0.4, 0.5) is 0 Å². The lowest BCUT2D eigenvalue weighted by molar-refractivity contribution is -0.138. The molecule has 4 aliphatic rings. The second kappa shape index (κ2) is 8.04. The Bertz CT molecular complexity index is 936. The van der Waals surface area contributed by atoms with Gasteiger partial charge in [0.2, 0.25) is 0 Å². The number of aliphatic hydroxyl groups is 1. The number of aldehydes is 1. The summed E-state index contributed by atoms with van der Waals surface area (Å²) in [6.45, 7) is 15.6. The van der Waals surface area contributed by atoms with Crippen molar-refractivity contribution in [2.75, 3.05) is 0 Å². The van der Waals surface area contributed by atoms with Crippen LogP contribution in [0.2, 0.25) is 0 Å². The Kier molecular flexibility index (Phi) is 6.00. The number of hydrogen-bond acceptors (Lipinski definition) is 3. The summed E-state index contributed by atoms with van der Waals surface area (Å²) in [6.07, 6.45) is 13.8. The van der Waals surface area contributed by atoms with Crippen molar-refractivity contribution in [1.82, 2.24) is 0 Å².